The van der Waals surface area contributed by atoms with Gasteiger partial charge in [-0.05, 0) is 30.3 Å². The first-order valence-corrected chi connectivity index (χ1v) is 10.2. The molecule has 0 aliphatic carbocycles. The zero-order valence-electron chi connectivity index (χ0n) is 15.4. The minimum atomic E-state index is -3.79. The van der Waals surface area contributed by atoms with Gasteiger partial charge in [0.15, 0.2) is 5.65 Å². The Morgan fingerprint density at radius 2 is 1.76 bits per heavy atom. The van der Waals surface area contributed by atoms with Crippen LogP contribution in [0, 0.1) is 0 Å². The second kappa shape index (κ2) is 7.12. The number of sulfonamides is 1. The third-order valence-corrected chi connectivity index (χ3v) is 5.39. The first-order chi connectivity index (χ1) is 13.8. The van der Waals surface area contributed by atoms with Crippen LogP contribution < -0.4 is 10.5 Å². The summed E-state index contributed by atoms with van der Waals surface area (Å²) in [6.07, 6.45) is 1.59. The molecule has 0 unspecified atom stereocenters. The summed E-state index contributed by atoms with van der Waals surface area (Å²) >= 11 is 0. The van der Waals surface area contributed by atoms with E-state index in [9.17, 15) is 13.2 Å². The van der Waals surface area contributed by atoms with Gasteiger partial charge in [-0.15, -0.1) is 0 Å². The van der Waals surface area contributed by atoms with Crippen LogP contribution in [0.2, 0.25) is 0 Å². The van der Waals surface area contributed by atoms with E-state index >= 15 is 0 Å². The van der Waals surface area contributed by atoms with E-state index in [-0.39, 0.29) is 10.8 Å². The van der Waals surface area contributed by atoms with E-state index in [0.29, 0.717) is 28.0 Å². The van der Waals surface area contributed by atoms with Gasteiger partial charge in [0.05, 0.1) is 27.7 Å². The van der Waals surface area contributed by atoms with Gasteiger partial charge < -0.3 is 5.32 Å². The maximum Gasteiger partial charge on any atom is 0.256 e. The van der Waals surface area contributed by atoms with Crippen LogP contribution >= 0.6 is 0 Å². The Labute approximate surface area is 167 Å². The number of carbonyl (C=O) groups is 1. The van der Waals surface area contributed by atoms with Crippen LogP contribution in [0.3, 0.4) is 0 Å². The van der Waals surface area contributed by atoms with Crippen molar-refractivity contribution in [3.8, 4) is 11.3 Å². The number of aryl methyl sites for hydroxylation is 1. The molecule has 2 aromatic carbocycles. The number of fused-ring (bicyclic) bond motifs is 1. The minimum absolute atomic E-state index is 0.0274. The molecule has 9 heteroatoms. The SMILES string of the molecule is Cn1ncc2c(C(=O)Nc3ccc(S(N)(=O)=O)cc3)cc(-c3ccccc3)nc21. The number of carbonyl (C=O) groups excluding carboxylic acids is 1. The molecule has 0 spiro atoms. The molecule has 8 nitrogen and oxygen atoms in total. The van der Waals surface area contributed by atoms with E-state index in [0.717, 1.165) is 5.56 Å². The molecule has 146 valence electrons. The summed E-state index contributed by atoms with van der Waals surface area (Å²) in [7, 11) is -2.03. The molecule has 0 saturated heterocycles. The van der Waals surface area contributed by atoms with E-state index in [2.05, 4.69) is 15.4 Å². The average Bonchev–Trinajstić information content (AvgIpc) is 3.08. The van der Waals surface area contributed by atoms with E-state index in [1.54, 1.807) is 24.0 Å². The van der Waals surface area contributed by atoms with E-state index in [1.165, 1.54) is 24.3 Å². The molecular formula is C20H17N5O3S. The highest BCUT2D eigenvalue weighted by atomic mass is 32.2. The van der Waals surface area contributed by atoms with E-state index in [4.69, 9.17) is 5.14 Å². The number of amides is 1. The largest absolute Gasteiger partial charge is 0.322 e. The predicted octanol–water partition coefficient (Wildman–Crippen LogP) is 2.54. The lowest BCUT2D eigenvalue weighted by Crippen LogP contribution is -2.14. The van der Waals surface area contributed by atoms with Gasteiger partial charge in [-0.2, -0.15) is 5.10 Å². The number of nitrogens with zero attached hydrogens (tertiary/aromatic N) is 3. The van der Waals surface area contributed by atoms with Gasteiger partial charge >= 0.3 is 0 Å². The Balaban J connectivity index is 1.73. The summed E-state index contributed by atoms with van der Waals surface area (Å²) in [6, 6.07) is 16.9. The van der Waals surface area contributed by atoms with Gasteiger partial charge in [0.2, 0.25) is 10.0 Å². The minimum Gasteiger partial charge on any atom is -0.322 e. The van der Waals surface area contributed by atoms with Gasteiger partial charge in [0, 0.05) is 18.3 Å². The standard InChI is InChI=1S/C20H17N5O3S/c1-25-19-17(12-22-25)16(11-18(24-19)13-5-3-2-4-6-13)20(26)23-14-7-9-15(10-8-14)29(21,27)28/h2-12H,1H3,(H,23,26)(H2,21,27,28). The topological polar surface area (TPSA) is 120 Å². The molecule has 0 bridgehead atoms. The van der Waals surface area contributed by atoms with Gasteiger partial charge in [0.25, 0.3) is 5.91 Å². The summed E-state index contributed by atoms with van der Waals surface area (Å²) in [6.45, 7) is 0. The molecule has 0 aliphatic heterocycles. The molecular weight excluding hydrogens is 390 g/mol. The maximum absolute atomic E-state index is 13.0. The zero-order valence-corrected chi connectivity index (χ0v) is 16.2. The number of rotatable bonds is 4. The van der Waals surface area contributed by atoms with Gasteiger partial charge in [-0.3, -0.25) is 9.48 Å². The first-order valence-electron chi connectivity index (χ1n) is 8.65. The number of nitrogens with one attached hydrogen (secondary N) is 1. The summed E-state index contributed by atoms with van der Waals surface area (Å²) < 4.78 is 24.4. The highest BCUT2D eigenvalue weighted by Crippen LogP contribution is 2.25. The van der Waals surface area contributed by atoms with Gasteiger partial charge in [0.1, 0.15) is 0 Å². The van der Waals surface area contributed by atoms with Crippen LogP contribution in [0.5, 0.6) is 0 Å². The zero-order chi connectivity index (χ0) is 20.6. The van der Waals surface area contributed by atoms with Gasteiger partial charge in [-0.25, -0.2) is 18.5 Å². The lowest BCUT2D eigenvalue weighted by molar-refractivity contribution is 0.102. The van der Waals surface area contributed by atoms with Crippen LogP contribution in [0.4, 0.5) is 5.69 Å². The highest BCUT2D eigenvalue weighted by molar-refractivity contribution is 7.89. The van der Waals surface area contributed by atoms with Crippen LogP contribution in [-0.4, -0.2) is 29.1 Å². The normalized spacial score (nSPS) is 11.5. The van der Waals surface area contributed by atoms with Crippen LogP contribution in [0.15, 0.2) is 71.8 Å². The molecule has 0 radical (unpaired) electrons. The molecule has 2 heterocycles. The molecule has 2 aromatic heterocycles. The maximum atomic E-state index is 13.0. The molecule has 0 fully saturated rings. The quantitative estimate of drug-likeness (QED) is 0.539. The Bertz CT molecular complexity index is 1310. The van der Waals surface area contributed by atoms with Crippen LogP contribution in [0.1, 0.15) is 10.4 Å². The number of hydrogen-bond acceptors (Lipinski definition) is 5. The fourth-order valence-electron chi connectivity index (χ4n) is 2.99. The van der Waals surface area contributed by atoms with Crippen LogP contribution in [-0.2, 0) is 17.1 Å². The van der Waals surface area contributed by atoms with Crippen molar-refractivity contribution in [1.82, 2.24) is 14.8 Å². The van der Waals surface area contributed by atoms with Crippen molar-refractivity contribution in [1.29, 1.82) is 0 Å². The molecule has 0 aliphatic rings. The van der Waals surface area contributed by atoms with Gasteiger partial charge in [-0.1, -0.05) is 30.3 Å². The molecule has 1 amide bonds. The van der Waals surface area contributed by atoms with Crippen molar-refractivity contribution in [3.05, 3.63) is 72.4 Å². The van der Waals surface area contributed by atoms with Crippen molar-refractivity contribution in [2.75, 3.05) is 5.32 Å². The summed E-state index contributed by atoms with van der Waals surface area (Å²) in [4.78, 5) is 17.6. The monoisotopic (exact) mass is 407 g/mol. The fraction of sp³-hybridized carbons (Fsp3) is 0.0500. The smallest absolute Gasteiger partial charge is 0.256 e. The van der Waals surface area contributed by atoms with Crippen LogP contribution in [0.25, 0.3) is 22.3 Å². The molecule has 29 heavy (non-hydrogen) atoms. The highest BCUT2D eigenvalue weighted by Gasteiger charge is 2.17. The van der Waals surface area contributed by atoms with E-state index in [1.807, 2.05) is 30.3 Å². The predicted molar refractivity (Wildman–Crippen MR) is 110 cm³/mol. The molecule has 4 rings (SSSR count). The Hall–Kier alpha value is -3.56. The lowest BCUT2D eigenvalue weighted by atomic mass is 10.1. The number of primary sulfonamides is 1. The van der Waals surface area contributed by atoms with Crippen molar-refractivity contribution in [3.63, 3.8) is 0 Å². The summed E-state index contributed by atoms with van der Waals surface area (Å²) in [5.74, 6) is -0.356. The number of aromatic nitrogens is 3. The fourth-order valence-corrected chi connectivity index (χ4v) is 3.50. The summed E-state index contributed by atoms with van der Waals surface area (Å²) in [5, 5.41) is 12.7. The number of nitrogens with two attached hydrogens (primary N) is 1. The Morgan fingerprint density at radius 1 is 1.07 bits per heavy atom. The lowest BCUT2D eigenvalue weighted by Gasteiger charge is -2.09. The molecule has 3 N–H and O–H groups in total. The van der Waals surface area contributed by atoms with E-state index < -0.39 is 10.0 Å². The molecule has 0 saturated carbocycles. The number of pyridine rings is 1. The van der Waals surface area contributed by atoms with Crippen molar-refractivity contribution in [2.45, 2.75) is 4.90 Å². The van der Waals surface area contributed by atoms with Crippen molar-refractivity contribution >= 4 is 32.7 Å². The van der Waals surface area contributed by atoms with Crippen molar-refractivity contribution in [2.24, 2.45) is 12.2 Å². The van der Waals surface area contributed by atoms with Crippen molar-refractivity contribution < 1.29 is 13.2 Å². The number of benzene rings is 2. The number of anilines is 1. The molecule has 0 atom stereocenters. The first kappa shape index (κ1) is 18.8. The molecule has 4 aromatic rings. The number of hydrogen-bond donors (Lipinski definition) is 2. The second-order valence-corrected chi connectivity index (χ2v) is 8.01. The Kier molecular flexibility index (Phi) is 4.61. The average molecular weight is 407 g/mol. The third-order valence-electron chi connectivity index (χ3n) is 4.46. The summed E-state index contributed by atoms with van der Waals surface area (Å²) in [5.41, 5.74) is 2.97. The third kappa shape index (κ3) is 3.73. The Morgan fingerprint density at radius 3 is 2.41 bits per heavy atom. The second-order valence-electron chi connectivity index (χ2n) is 6.45.